The summed E-state index contributed by atoms with van der Waals surface area (Å²) in [6.45, 7) is 2.18. The van der Waals surface area contributed by atoms with Crippen molar-refractivity contribution in [1.82, 2.24) is 0 Å². The minimum Gasteiger partial charge on any atom is -0.481 e. The molecule has 1 N–H and O–H groups in total. The zero-order valence-electron chi connectivity index (χ0n) is 11.1. The molecule has 0 saturated carbocycles. The van der Waals surface area contributed by atoms with Crippen LogP contribution < -0.4 is 4.90 Å². The molecule has 2 rings (SSSR count). The molecule has 1 aliphatic rings. The van der Waals surface area contributed by atoms with E-state index < -0.39 is 5.97 Å². The second-order valence-corrected chi connectivity index (χ2v) is 5.50. The van der Waals surface area contributed by atoms with Crippen molar-refractivity contribution in [1.29, 1.82) is 0 Å². The molecule has 0 spiro atoms. The van der Waals surface area contributed by atoms with Gasteiger partial charge in [-0.25, -0.2) is 0 Å². The molecule has 1 fully saturated rings. The fourth-order valence-electron chi connectivity index (χ4n) is 2.63. The first-order valence-corrected chi connectivity index (χ1v) is 7.30. The van der Waals surface area contributed by atoms with Crippen LogP contribution in [0.3, 0.4) is 0 Å². The van der Waals surface area contributed by atoms with Crippen molar-refractivity contribution in [3.63, 3.8) is 0 Å². The summed E-state index contributed by atoms with van der Waals surface area (Å²) in [5.74, 6) is -0.735. The van der Waals surface area contributed by atoms with Gasteiger partial charge in [-0.15, -0.1) is 0 Å². The Kier molecular flexibility index (Phi) is 5.08. The van der Waals surface area contributed by atoms with Crippen LogP contribution in [0.15, 0.2) is 18.2 Å². The van der Waals surface area contributed by atoms with Crippen molar-refractivity contribution in [3.8, 4) is 0 Å². The highest BCUT2D eigenvalue weighted by Gasteiger charge is 2.14. The summed E-state index contributed by atoms with van der Waals surface area (Å²) in [7, 11) is 0. The van der Waals surface area contributed by atoms with Gasteiger partial charge in [0.1, 0.15) is 0 Å². The van der Waals surface area contributed by atoms with E-state index in [0.29, 0.717) is 6.42 Å². The molecular weight excluding hydrogens is 262 g/mol. The Hall–Kier alpha value is -1.22. The number of anilines is 1. The number of halogens is 1. The summed E-state index contributed by atoms with van der Waals surface area (Å²) < 4.78 is 0. The zero-order valence-corrected chi connectivity index (χ0v) is 11.8. The molecule has 0 unspecified atom stereocenters. The first-order valence-electron chi connectivity index (χ1n) is 6.92. The number of carboxylic acids is 1. The van der Waals surface area contributed by atoms with E-state index in [1.807, 2.05) is 12.1 Å². The van der Waals surface area contributed by atoms with Gasteiger partial charge in [-0.05, 0) is 55.9 Å². The van der Waals surface area contributed by atoms with Crippen LogP contribution in [0.4, 0.5) is 5.69 Å². The molecule has 1 aliphatic heterocycles. The van der Waals surface area contributed by atoms with Gasteiger partial charge in [0.15, 0.2) is 0 Å². The van der Waals surface area contributed by atoms with Gasteiger partial charge in [0, 0.05) is 30.2 Å². The number of carboxylic acid groups (broad SMARTS) is 1. The predicted molar refractivity (Wildman–Crippen MR) is 78.1 cm³/mol. The molecule has 104 valence electrons. The minimum absolute atomic E-state index is 0.214. The van der Waals surface area contributed by atoms with Crippen LogP contribution in [-0.4, -0.2) is 24.2 Å². The van der Waals surface area contributed by atoms with Gasteiger partial charge < -0.3 is 10.0 Å². The van der Waals surface area contributed by atoms with Crippen molar-refractivity contribution < 1.29 is 9.90 Å². The summed E-state index contributed by atoms with van der Waals surface area (Å²) in [5, 5.41) is 9.46. The molecule has 0 radical (unpaired) electrons. The first kappa shape index (κ1) is 14.2. The average molecular weight is 282 g/mol. The topological polar surface area (TPSA) is 40.5 Å². The number of nitrogens with zero attached hydrogens (tertiary/aromatic N) is 1. The Morgan fingerprint density at radius 3 is 2.68 bits per heavy atom. The summed E-state index contributed by atoms with van der Waals surface area (Å²) in [4.78, 5) is 13.0. The number of aliphatic carboxylic acids is 1. The van der Waals surface area contributed by atoms with Crippen LogP contribution in [0.5, 0.6) is 0 Å². The SMILES string of the molecule is O=C(O)CCCc1cc(Cl)ccc1N1CCCCC1. The molecule has 1 heterocycles. The van der Waals surface area contributed by atoms with E-state index in [0.717, 1.165) is 24.5 Å². The maximum absolute atomic E-state index is 10.6. The highest BCUT2D eigenvalue weighted by molar-refractivity contribution is 6.30. The van der Waals surface area contributed by atoms with E-state index in [1.54, 1.807) is 0 Å². The van der Waals surface area contributed by atoms with E-state index >= 15 is 0 Å². The Balaban J connectivity index is 2.10. The summed E-state index contributed by atoms with van der Waals surface area (Å²) in [5.41, 5.74) is 2.41. The largest absolute Gasteiger partial charge is 0.481 e. The monoisotopic (exact) mass is 281 g/mol. The molecule has 1 aromatic carbocycles. The fourth-order valence-corrected chi connectivity index (χ4v) is 2.82. The second kappa shape index (κ2) is 6.80. The fraction of sp³-hybridized carbons (Fsp3) is 0.533. The molecule has 19 heavy (non-hydrogen) atoms. The lowest BCUT2D eigenvalue weighted by molar-refractivity contribution is -0.137. The highest BCUT2D eigenvalue weighted by atomic mass is 35.5. The molecule has 0 aromatic heterocycles. The van der Waals surface area contributed by atoms with E-state index in [4.69, 9.17) is 16.7 Å². The van der Waals surface area contributed by atoms with Crippen LogP contribution in [0.25, 0.3) is 0 Å². The van der Waals surface area contributed by atoms with Crippen molar-refractivity contribution in [2.45, 2.75) is 38.5 Å². The van der Waals surface area contributed by atoms with Crippen LogP contribution in [-0.2, 0) is 11.2 Å². The molecule has 1 saturated heterocycles. The Morgan fingerprint density at radius 1 is 1.26 bits per heavy atom. The summed E-state index contributed by atoms with van der Waals surface area (Å²) in [6.07, 6.45) is 5.42. The number of benzene rings is 1. The van der Waals surface area contributed by atoms with Gasteiger partial charge in [-0.2, -0.15) is 0 Å². The van der Waals surface area contributed by atoms with Gasteiger partial charge in [-0.3, -0.25) is 4.79 Å². The van der Waals surface area contributed by atoms with Gasteiger partial charge in [0.05, 0.1) is 0 Å². The average Bonchev–Trinajstić information content (AvgIpc) is 2.39. The molecule has 1 aromatic rings. The van der Waals surface area contributed by atoms with Crippen molar-refractivity contribution >= 4 is 23.3 Å². The summed E-state index contributed by atoms with van der Waals surface area (Å²) >= 11 is 6.06. The number of rotatable bonds is 5. The Bertz CT molecular complexity index is 442. The lowest BCUT2D eigenvalue weighted by atomic mass is 10.0. The lowest BCUT2D eigenvalue weighted by Gasteiger charge is -2.30. The minimum atomic E-state index is -0.735. The van der Waals surface area contributed by atoms with Gasteiger partial charge in [0.2, 0.25) is 0 Å². The van der Waals surface area contributed by atoms with Crippen LogP contribution >= 0.6 is 11.6 Å². The normalized spacial score (nSPS) is 15.5. The van der Waals surface area contributed by atoms with E-state index in [1.165, 1.54) is 30.5 Å². The number of piperidine rings is 1. The molecule has 0 bridgehead atoms. The van der Waals surface area contributed by atoms with Crippen LogP contribution in [0, 0.1) is 0 Å². The van der Waals surface area contributed by atoms with Crippen molar-refractivity contribution in [2.24, 2.45) is 0 Å². The Morgan fingerprint density at radius 2 is 2.00 bits per heavy atom. The number of hydrogen-bond donors (Lipinski definition) is 1. The first-order chi connectivity index (χ1) is 9.16. The second-order valence-electron chi connectivity index (χ2n) is 5.07. The number of hydrogen-bond acceptors (Lipinski definition) is 2. The van der Waals surface area contributed by atoms with Crippen molar-refractivity contribution in [3.05, 3.63) is 28.8 Å². The van der Waals surface area contributed by atoms with Crippen LogP contribution in [0.1, 0.15) is 37.7 Å². The smallest absolute Gasteiger partial charge is 0.303 e. The molecular formula is C15H20ClNO2. The third-order valence-corrected chi connectivity index (χ3v) is 3.81. The lowest BCUT2D eigenvalue weighted by Crippen LogP contribution is -2.30. The maximum atomic E-state index is 10.6. The van der Waals surface area contributed by atoms with E-state index in [-0.39, 0.29) is 6.42 Å². The third-order valence-electron chi connectivity index (χ3n) is 3.58. The molecule has 0 amide bonds. The predicted octanol–water partition coefficient (Wildman–Crippen LogP) is 3.74. The third kappa shape index (κ3) is 4.13. The van der Waals surface area contributed by atoms with Gasteiger partial charge >= 0.3 is 5.97 Å². The van der Waals surface area contributed by atoms with Gasteiger partial charge in [-0.1, -0.05) is 11.6 Å². The quantitative estimate of drug-likeness (QED) is 0.894. The molecule has 3 nitrogen and oxygen atoms in total. The Labute approximate surface area is 119 Å². The highest BCUT2D eigenvalue weighted by Crippen LogP contribution is 2.28. The molecule has 0 atom stereocenters. The zero-order chi connectivity index (χ0) is 13.7. The number of aryl methyl sites for hydroxylation is 1. The number of carbonyl (C=O) groups is 1. The molecule has 0 aliphatic carbocycles. The van der Waals surface area contributed by atoms with Crippen molar-refractivity contribution in [2.75, 3.05) is 18.0 Å². The van der Waals surface area contributed by atoms with Crippen LogP contribution in [0.2, 0.25) is 5.02 Å². The van der Waals surface area contributed by atoms with Gasteiger partial charge in [0.25, 0.3) is 0 Å². The summed E-state index contributed by atoms with van der Waals surface area (Å²) in [6, 6.07) is 5.98. The van der Waals surface area contributed by atoms with E-state index in [2.05, 4.69) is 11.0 Å². The van der Waals surface area contributed by atoms with E-state index in [9.17, 15) is 4.79 Å². The standard InChI is InChI=1S/C15H20ClNO2/c16-13-7-8-14(17-9-2-1-3-10-17)12(11-13)5-4-6-15(18)19/h7-8,11H,1-6,9-10H2,(H,18,19). The molecule has 4 heteroatoms. The maximum Gasteiger partial charge on any atom is 0.303 e.